The van der Waals surface area contributed by atoms with Crippen LogP contribution in [-0.4, -0.2) is 37.2 Å². The molecule has 0 spiro atoms. The van der Waals surface area contributed by atoms with Gasteiger partial charge >= 0.3 is 17.9 Å². The summed E-state index contributed by atoms with van der Waals surface area (Å²) in [5, 5.41) is 0. The molecule has 0 bridgehead atoms. The molecule has 0 aromatic rings. The largest absolute Gasteiger partial charge is 0.462 e. The third kappa shape index (κ3) is 66.2. The highest BCUT2D eigenvalue weighted by Gasteiger charge is 2.19. The number of carbonyl (C=O) groups is 3. The Labute approximate surface area is 500 Å². The van der Waals surface area contributed by atoms with Gasteiger partial charge in [-0.2, -0.15) is 0 Å². The first-order valence-corrected chi connectivity index (χ1v) is 33.7. The molecule has 0 aromatic heterocycles. The van der Waals surface area contributed by atoms with Crippen LogP contribution in [0.1, 0.15) is 303 Å². The van der Waals surface area contributed by atoms with Crippen molar-refractivity contribution in [2.45, 2.75) is 309 Å². The molecule has 0 saturated heterocycles. The maximum atomic E-state index is 12.9. The number of unbranched alkanes of at least 4 members (excludes halogenated alkanes) is 27. The summed E-state index contributed by atoms with van der Waals surface area (Å²) in [5.41, 5.74) is 0. The number of esters is 3. The second-order valence-electron chi connectivity index (χ2n) is 22.0. The summed E-state index contributed by atoms with van der Waals surface area (Å²) < 4.78 is 16.9. The van der Waals surface area contributed by atoms with Crippen LogP contribution in [0.5, 0.6) is 0 Å². The minimum Gasteiger partial charge on any atom is -0.462 e. The average molecular weight is 1120 g/mol. The van der Waals surface area contributed by atoms with Gasteiger partial charge in [0.15, 0.2) is 6.10 Å². The molecule has 0 N–H and O–H groups in total. The Morgan fingerprint density at radius 1 is 0.259 bits per heavy atom. The summed E-state index contributed by atoms with van der Waals surface area (Å²) in [4.78, 5) is 38.4. The molecule has 0 saturated carbocycles. The quantitative estimate of drug-likeness (QED) is 0.0261. The molecule has 0 rings (SSSR count). The van der Waals surface area contributed by atoms with Gasteiger partial charge in [-0.05, 0) is 135 Å². The van der Waals surface area contributed by atoms with E-state index in [2.05, 4.69) is 154 Å². The molecule has 0 aliphatic heterocycles. The van der Waals surface area contributed by atoms with Crippen molar-refractivity contribution in [2.75, 3.05) is 13.2 Å². The zero-order valence-corrected chi connectivity index (χ0v) is 52.8. The fraction of sp³-hybridized carbons (Fsp3) is 0.667. The molecule has 0 aromatic carbocycles. The lowest BCUT2D eigenvalue weighted by molar-refractivity contribution is -0.167. The zero-order valence-electron chi connectivity index (χ0n) is 52.8. The SMILES string of the molecule is CC/C=C\C/C=C\C/C=C\C/C=C\C/C=C\CCCC(=O)OCC(COC(=O)CCCCCCCCCCCC/C=C\C/C=C\C/C=C\CCCCCCC)OC(=O)CCCCCCCC/C=C\C/C=C\C/C=C\CCCCCCC. The maximum Gasteiger partial charge on any atom is 0.306 e. The van der Waals surface area contributed by atoms with Crippen LogP contribution in [0.2, 0.25) is 0 Å². The van der Waals surface area contributed by atoms with Crippen molar-refractivity contribution in [3.8, 4) is 0 Å². The van der Waals surface area contributed by atoms with E-state index in [9.17, 15) is 14.4 Å². The predicted molar refractivity (Wildman–Crippen MR) is 353 cm³/mol. The number of rotatable bonds is 60. The van der Waals surface area contributed by atoms with E-state index in [1.165, 1.54) is 141 Å². The molecule has 6 heteroatoms. The third-order valence-corrected chi connectivity index (χ3v) is 14.1. The van der Waals surface area contributed by atoms with E-state index in [1.54, 1.807) is 0 Å². The molecule has 0 heterocycles. The van der Waals surface area contributed by atoms with Crippen molar-refractivity contribution in [1.82, 2.24) is 0 Å². The smallest absolute Gasteiger partial charge is 0.306 e. The van der Waals surface area contributed by atoms with Crippen LogP contribution < -0.4 is 0 Å². The van der Waals surface area contributed by atoms with E-state index in [0.29, 0.717) is 19.3 Å². The summed E-state index contributed by atoms with van der Waals surface area (Å²) >= 11 is 0. The van der Waals surface area contributed by atoms with Crippen molar-refractivity contribution in [3.05, 3.63) is 134 Å². The molecule has 1 atom stereocenters. The van der Waals surface area contributed by atoms with E-state index < -0.39 is 6.10 Å². The van der Waals surface area contributed by atoms with Crippen molar-refractivity contribution < 1.29 is 28.6 Å². The van der Waals surface area contributed by atoms with E-state index >= 15 is 0 Å². The molecule has 0 radical (unpaired) electrons. The van der Waals surface area contributed by atoms with Gasteiger partial charge in [0.25, 0.3) is 0 Å². The van der Waals surface area contributed by atoms with Crippen LogP contribution in [0.15, 0.2) is 134 Å². The van der Waals surface area contributed by atoms with Crippen LogP contribution in [-0.2, 0) is 28.6 Å². The first-order chi connectivity index (χ1) is 40.0. The van der Waals surface area contributed by atoms with Gasteiger partial charge in [-0.25, -0.2) is 0 Å². The minimum atomic E-state index is -0.817. The van der Waals surface area contributed by atoms with Crippen molar-refractivity contribution in [3.63, 3.8) is 0 Å². The summed E-state index contributed by atoms with van der Waals surface area (Å²) in [6.45, 7) is 6.46. The molecule has 460 valence electrons. The van der Waals surface area contributed by atoms with Crippen LogP contribution in [0.25, 0.3) is 0 Å². The van der Waals surface area contributed by atoms with Gasteiger partial charge in [0.1, 0.15) is 13.2 Å². The van der Waals surface area contributed by atoms with Crippen LogP contribution >= 0.6 is 0 Å². The minimum absolute atomic E-state index is 0.107. The number of carbonyl (C=O) groups excluding carboxylic acids is 3. The highest BCUT2D eigenvalue weighted by molar-refractivity contribution is 5.71. The lowest BCUT2D eigenvalue weighted by Gasteiger charge is -2.18. The van der Waals surface area contributed by atoms with Crippen LogP contribution in [0.3, 0.4) is 0 Å². The van der Waals surface area contributed by atoms with Gasteiger partial charge in [-0.15, -0.1) is 0 Å². The second kappa shape index (κ2) is 68.1. The molecule has 0 aliphatic carbocycles. The first-order valence-electron chi connectivity index (χ1n) is 33.7. The number of allylic oxidation sites excluding steroid dienone is 22. The zero-order chi connectivity index (χ0) is 58.5. The topological polar surface area (TPSA) is 78.9 Å². The van der Waals surface area contributed by atoms with E-state index in [1.807, 2.05) is 0 Å². The fourth-order valence-corrected chi connectivity index (χ4v) is 9.08. The van der Waals surface area contributed by atoms with Crippen molar-refractivity contribution in [1.29, 1.82) is 0 Å². The first kappa shape index (κ1) is 76.5. The van der Waals surface area contributed by atoms with Crippen molar-refractivity contribution in [2.24, 2.45) is 0 Å². The molecule has 6 nitrogen and oxygen atoms in total. The molecule has 0 fully saturated rings. The second-order valence-corrected chi connectivity index (χ2v) is 22.0. The Bertz CT molecular complexity index is 1720. The number of ether oxygens (including phenoxy) is 3. The Morgan fingerprint density at radius 3 is 0.802 bits per heavy atom. The molecule has 1 unspecified atom stereocenters. The summed E-state index contributed by atoms with van der Waals surface area (Å²) in [7, 11) is 0. The molecule has 81 heavy (non-hydrogen) atoms. The summed E-state index contributed by atoms with van der Waals surface area (Å²) in [6.07, 6.45) is 96.1. The lowest BCUT2D eigenvalue weighted by Crippen LogP contribution is -2.30. The normalized spacial score (nSPS) is 13.0. The van der Waals surface area contributed by atoms with Gasteiger partial charge in [0.2, 0.25) is 0 Å². The van der Waals surface area contributed by atoms with Gasteiger partial charge in [0, 0.05) is 19.3 Å². The summed E-state index contributed by atoms with van der Waals surface area (Å²) in [5.74, 6) is -0.980. The highest BCUT2D eigenvalue weighted by Crippen LogP contribution is 2.15. The molecule has 0 aliphatic rings. The predicted octanol–water partition coefficient (Wildman–Crippen LogP) is 23.3. The Balaban J connectivity index is 4.47. The van der Waals surface area contributed by atoms with Crippen molar-refractivity contribution >= 4 is 17.9 Å². The van der Waals surface area contributed by atoms with Gasteiger partial charge < -0.3 is 14.2 Å². The lowest BCUT2D eigenvalue weighted by atomic mass is 10.1. The molecule has 0 amide bonds. The van der Waals surface area contributed by atoms with Gasteiger partial charge in [-0.1, -0.05) is 283 Å². The van der Waals surface area contributed by atoms with E-state index in [0.717, 1.165) is 116 Å². The maximum absolute atomic E-state index is 12.9. The average Bonchev–Trinajstić information content (AvgIpc) is 3.47. The monoisotopic (exact) mass is 1120 g/mol. The van der Waals surface area contributed by atoms with E-state index in [4.69, 9.17) is 14.2 Å². The number of hydrogen-bond acceptors (Lipinski definition) is 6. The molecular formula is C75H124O6. The summed E-state index contributed by atoms with van der Waals surface area (Å²) in [6, 6.07) is 0. The highest BCUT2D eigenvalue weighted by atomic mass is 16.6. The van der Waals surface area contributed by atoms with Gasteiger partial charge in [0.05, 0.1) is 0 Å². The van der Waals surface area contributed by atoms with E-state index in [-0.39, 0.29) is 37.5 Å². The Kier molecular flexibility index (Phi) is 64.3. The number of hydrogen-bond donors (Lipinski definition) is 0. The fourth-order valence-electron chi connectivity index (χ4n) is 9.08. The van der Waals surface area contributed by atoms with Gasteiger partial charge in [-0.3, -0.25) is 14.4 Å². The molecular weight excluding hydrogens is 997 g/mol. The third-order valence-electron chi connectivity index (χ3n) is 14.1. The van der Waals surface area contributed by atoms with Crippen LogP contribution in [0.4, 0.5) is 0 Å². The standard InChI is InChI=1S/C75H124O6/c1-4-7-10-13-16-19-22-25-28-31-33-35-36-37-38-40-41-44-47-50-53-56-59-62-65-68-74(77)80-71-72(70-79-73(76)67-64-61-58-55-52-49-46-43-30-27-24-21-18-15-12-9-6-3)81-75(78)69-66-63-60-57-54-51-48-45-42-39-34-32-29-26-23-20-17-14-11-8-5-2/h9,12,18,21-23,25-27,30-34,36-37,42,45-46,49,55,58,72H,4-8,10-11,13-17,19-20,24,28-29,35,38-41,43-44,47-48,50-54,56-57,59-71H2,1-3H3/b12-9-,21-18-,25-22-,26-23-,30-27-,33-31-,34-32-,37-36-,45-42-,49-46-,58-55-. The Morgan fingerprint density at radius 2 is 0.494 bits per heavy atom. The van der Waals surface area contributed by atoms with Crippen LogP contribution in [0, 0.1) is 0 Å². The Hall–Kier alpha value is -4.45.